The molecule has 4 rings (SSSR count). The van der Waals surface area contributed by atoms with Crippen molar-refractivity contribution < 1.29 is 14.3 Å². The molecule has 6 heteroatoms. The van der Waals surface area contributed by atoms with Crippen molar-refractivity contribution >= 4 is 5.91 Å². The van der Waals surface area contributed by atoms with Gasteiger partial charge in [0.1, 0.15) is 17.3 Å². The van der Waals surface area contributed by atoms with E-state index in [-0.39, 0.29) is 5.91 Å². The molecule has 0 saturated carbocycles. The Bertz CT molecular complexity index is 1200. The van der Waals surface area contributed by atoms with Crippen LogP contribution in [-0.2, 0) is 6.54 Å². The van der Waals surface area contributed by atoms with Gasteiger partial charge in [-0.2, -0.15) is 0 Å². The third-order valence-corrected chi connectivity index (χ3v) is 5.07. The molecule has 32 heavy (non-hydrogen) atoms. The number of benzene rings is 3. The van der Waals surface area contributed by atoms with Crippen molar-refractivity contribution in [2.45, 2.75) is 13.5 Å². The second kappa shape index (κ2) is 9.83. The molecule has 0 bridgehead atoms. The van der Waals surface area contributed by atoms with Crippen molar-refractivity contribution in [2.24, 2.45) is 0 Å². The number of H-pyrrole nitrogens is 1. The maximum atomic E-state index is 12.6. The van der Waals surface area contributed by atoms with Gasteiger partial charge in [-0.15, -0.1) is 0 Å². The van der Waals surface area contributed by atoms with Crippen molar-refractivity contribution in [3.63, 3.8) is 0 Å². The molecule has 4 aromatic rings. The normalized spacial score (nSPS) is 10.6. The van der Waals surface area contributed by atoms with Gasteiger partial charge >= 0.3 is 0 Å². The highest BCUT2D eigenvalue weighted by molar-refractivity contribution is 5.96. The molecule has 0 aliphatic rings. The molecule has 0 aliphatic heterocycles. The lowest BCUT2D eigenvalue weighted by molar-refractivity contribution is 0.0947. The monoisotopic (exact) mass is 427 g/mol. The predicted molar refractivity (Wildman–Crippen MR) is 125 cm³/mol. The van der Waals surface area contributed by atoms with E-state index in [4.69, 9.17) is 9.47 Å². The number of para-hydroxylation sites is 1. The largest absolute Gasteiger partial charge is 0.497 e. The summed E-state index contributed by atoms with van der Waals surface area (Å²) in [5.74, 6) is 2.01. The zero-order valence-corrected chi connectivity index (χ0v) is 18.1. The summed E-state index contributed by atoms with van der Waals surface area (Å²) in [5.41, 5.74) is 4.43. The second-order valence-electron chi connectivity index (χ2n) is 7.19. The Morgan fingerprint density at radius 2 is 1.81 bits per heavy atom. The Labute approximate surface area is 187 Å². The van der Waals surface area contributed by atoms with E-state index in [1.54, 1.807) is 19.2 Å². The Morgan fingerprint density at radius 3 is 2.59 bits per heavy atom. The first-order valence-corrected chi connectivity index (χ1v) is 10.5. The molecule has 0 aliphatic carbocycles. The topological polar surface area (TPSA) is 76.2 Å². The Kier molecular flexibility index (Phi) is 6.51. The summed E-state index contributed by atoms with van der Waals surface area (Å²) in [5, 5.41) is 2.96. The van der Waals surface area contributed by atoms with E-state index in [0.717, 1.165) is 34.0 Å². The highest BCUT2D eigenvalue weighted by atomic mass is 16.5. The van der Waals surface area contributed by atoms with Crippen LogP contribution in [0.4, 0.5) is 0 Å². The van der Waals surface area contributed by atoms with Gasteiger partial charge in [-0.1, -0.05) is 48.5 Å². The minimum Gasteiger partial charge on any atom is -0.497 e. The van der Waals surface area contributed by atoms with Crippen molar-refractivity contribution in [1.29, 1.82) is 0 Å². The van der Waals surface area contributed by atoms with E-state index in [0.29, 0.717) is 24.5 Å². The second-order valence-corrected chi connectivity index (χ2v) is 7.19. The number of methoxy groups -OCH3 is 1. The summed E-state index contributed by atoms with van der Waals surface area (Å²) < 4.78 is 10.8. The highest BCUT2D eigenvalue weighted by Gasteiger charge is 2.12. The van der Waals surface area contributed by atoms with Gasteiger partial charge in [0.2, 0.25) is 0 Å². The number of aromatic nitrogens is 2. The number of carbonyl (C=O) groups is 1. The number of hydrogen-bond donors (Lipinski definition) is 2. The lowest BCUT2D eigenvalue weighted by atomic mass is 10.1. The summed E-state index contributed by atoms with van der Waals surface area (Å²) in [6.45, 7) is 2.83. The van der Waals surface area contributed by atoms with Crippen LogP contribution < -0.4 is 14.8 Å². The predicted octanol–water partition coefficient (Wildman–Crippen LogP) is 5.08. The van der Waals surface area contributed by atoms with Crippen LogP contribution >= 0.6 is 0 Å². The first kappa shape index (κ1) is 21.2. The van der Waals surface area contributed by atoms with Gasteiger partial charge in [0.15, 0.2) is 0 Å². The van der Waals surface area contributed by atoms with Gasteiger partial charge in [-0.25, -0.2) is 4.98 Å². The molecular weight excluding hydrogens is 402 g/mol. The van der Waals surface area contributed by atoms with E-state index >= 15 is 0 Å². The molecule has 1 heterocycles. The summed E-state index contributed by atoms with van der Waals surface area (Å²) in [7, 11) is 1.65. The van der Waals surface area contributed by atoms with Crippen LogP contribution in [0.15, 0.2) is 79.0 Å². The molecule has 2 N–H and O–H groups in total. The third kappa shape index (κ3) is 4.81. The Hall–Kier alpha value is -4.06. The van der Waals surface area contributed by atoms with E-state index in [1.807, 2.05) is 73.8 Å². The fourth-order valence-corrected chi connectivity index (χ4v) is 3.40. The fourth-order valence-electron chi connectivity index (χ4n) is 3.40. The molecule has 0 unspecified atom stereocenters. The molecule has 0 saturated heterocycles. The molecule has 6 nitrogen and oxygen atoms in total. The summed E-state index contributed by atoms with van der Waals surface area (Å²) in [6.07, 6.45) is 1.81. The number of nitrogens with one attached hydrogen (secondary N) is 2. The van der Waals surface area contributed by atoms with Crippen LogP contribution in [0.3, 0.4) is 0 Å². The molecule has 3 aromatic carbocycles. The van der Waals surface area contributed by atoms with Gasteiger partial charge in [-0.3, -0.25) is 4.79 Å². The van der Waals surface area contributed by atoms with E-state index < -0.39 is 0 Å². The van der Waals surface area contributed by atoms with E-state index in [2.05, 4.69) is 15.3 Å². The molecule has 1 amide bonds. The standard InChI is InChI=1S/C26H25N3O3/c1-3-32-24-10-5-4-9-22(24)26(30)28-16-18-11-13-19(14-12-18)25-27-17-23(29-25)20-7-6-8-21(15-20)31-2/h4-15,17H,3,16H2,1-2H3,(H,27,29)(H,28,30). The zero-order valence-electron chi connectivity index (χ0n) is 18.1. The van der Waals surface area contributed by atoms with Crippen molar-refractivity contribution in [1.82, 2.24) is 15.3 Å². The zero-order chi connectivity index (χ0) is 22.3. The van der Waals surface area contributed by atoms with Crippen LogP contribution in [0.25, 0.3) is 22.6 Å². The highest BCUT2D eigenvalue weighted by Crippen LogP contribution is 2.25. The molecule has 162 valence electrons. The van der Waals surface area contributed by atoms with Gasteiger partial charge in [0, 0.05) is 17.7 Å². The Morgan fingerprint density at radius 1 is 1.00 bits per heavy atom. The van der Waals surface area contributed by atoms with Gasteiger partial charge < -0.3 is 19.8 Å². The third-order valence-electron chi connectivity index (χ3n) is 5.07. The maximum absolute atomic E-state index is 12.6. The number of aromatic amines is 1. The van der Waals surface area contributed by atoms with Crippen LogP contribution in [0.2, 0.25) is 0 Å². The molecule has 0 spiro atoms. The van der Waals surface area contributed by atoms with Crippen molar-refractivity contribution in [3.05, 3.63) is 90.1 Å². The number of nitrogens with zero attached hydrogens (tertiary/aromatic N) is 1. The van der Waals surface area contributed by atoms with Gasteiger partial charge in [0.25, 0.3) is 5.91 Å². The summed E-state index contributed by atoms with van der Waals surface area (Å²) >= 11 is 0. The lowest BCUT2D eigenvalue weighted by Gasteiger charge is -2.10. The average Bonchev–Trinajstić information content (AvgIpc) is 3.34. The number of amides is 1. The number of ether oxygens (including phenoxy) is 2. The summed E-state index contributed by atoms with van der Waals surface area (Å²) in [4.78, 5) is 20.4. The smallest absolute Gasteiger partial charge is 0.255 e. The minimum absolute atomic E-state index is 0.160. The summed E-state index contributed by atoms with van der Waals surface area (Å²) in [6, 6.07) is 23.0. The van der Waals surface area contributed by atoms with E-state index in [9.17, 15) is 4.79 Å². The fraction of sp³-hybridized carbons (Fsp3) is 0.154. The number of imidazole rings is 1. The van der Waals surface area contributed by atoms with Gasteiger partial charge in [-0.05, 0) is 36.8 Å². The van der Waals surface area contributed by atoms with Crippen LogP contribution in [0.1, 0.15) is 22.8 Å². The number of carbonyl (C=O) groups excluding carboxylic acids is 1. The number of rotatable bonds is 8. The van der Waals surface area contributed by atoms with Crippen molar-refractivity contribution in [3.8, 4) is 34.1 Å². The Balaban J connectivity index is 1.42. The SMILES string of the molecule is CCOc1ccccc1C(=O)NCc1ccc(-c2ncc(-c3cccc(OC)c3)[nH]2)cc1. The van der Waals surface area contributed by atoms with Crippen LogP contribution in [0, 0.1) is 0 Å². The molecular formula is C26H25N3O3. The molecule has 0 atom stereocenters. The van der Waals surface area contributed by atoms with Crippen LogP contribution in [-0.4, -0.2) is 29.6 Å². The van der Waals surface area contributed by atoms with Crippen molar-refractivity contribution in [2.75, 3.05) is 13.7 Å². The quantitative estimate of drug-likeness (QED) is 0.411. The van der Waals surface area contributed by atoms with Crippen LogP contribution in [0.5, 0.6) is 11.5 Å². The molecule has 0 radical (unpaired) electrons. The first-order chi connectivity index (χ1) is 15.7. The maximum Gasteiger partial charge on any atom is 0.255 e. The lowest BCUT2D eigenvalue weighted by Crippen LogP contribution is -2.23. The molecule has 0 fully saturated rings. The number of hydrogen-bond acceptors (Lipinski definition) is 4. The minimum atomic E-state index is -0.160. The average molecular weight is 428 g/mol. The van der Waals surface area contributed by atoms with E-state index in [1.165, 1.54) is 0 Å². The molecule has 1 aromatic heterocycles. The van der Waals surface area contributed by atoms with Gasteiger partial charge in [0.05, 0.1) is 31.2 Å². The first-order valence-electron chi connectivity index (χ1n) is 10.5.